The van der Waals surface area contributed by atoms with Crippen LogP contribution in [0.4, 0.5) is 0 Å². The zero-order chi connectivity index (χ0) is 11.8. The number of nitrogens with one attached hydrogen (secondary N) is 1. The van der Waals surface area contributed by atoms with Crippen LogP contribution >= 0.6 is 11.3 Å². The molecule has 0 radical (unpaired) electrons. The van der Waals surface area contributed by atoms with E-state index in [-0.39, 0.29) is 17.8 Å². The van der Waals surface area contributed by atoms with Crippen LogP contribution in [0.15, 0.2) is 12.1 Å². The fourth-order valence-electron chi connectivity index (χ4n) is 1.97. The van der Waals surface area contributed by atoms with Crippen molar-refractivity contribution >= 4 is 21.2 Å². The van der Waals surface area contributed by atoms with Crippen molar-refractivity contribution < 1.29 is 8.42 Å². The predicted octanol–water partition coefficient (Wildman–Crippen LogP) is 1.89. The summed E-state index contributed by atoms with van der Waals surface area (Å²) in [5.41, 5.74) is 0. The van der Waals surface area contributed by atoms with Gasteiger partial charge >= 0.3 is 0 Å². The highest BCUT2D eigenvalue weighted by Gasteiger charge is 2.27. The molecule has 1 aliphatic rings. The van der Waals surface area contributed by atoms with Crippen LogP contribution in [-0.4, -0.2) is 26.0 Å². The van der Waals surface area contributed by atoms with Gasteiger partial charge in [-0.15, -0.1) is 11.3 Å². The molecule has 0 saturated carbocycles. The largest absolute Gasteiger partial charge is 0.306 e. The molecule has 0 bridgehead atoms. The van der Waals surface area contributed by atoms with E-state index in [1.807, 2.05) is 26.0 Å². The molecule has 2 unspecified atom stereocenters. The molecule has 1 aromatic heterocycles. The van der Waals surface area contributed by atoms with Gasteiger partial charge in [0.05, 0.1) is 17.5 Å². The molecular formula is C11H17NO2S2. The molecule has 1 saturated heterocycles. The summed E-state index contributed by atoms with van der Waals surface area (Å²) in [7, 11) is -2.90. The number of sulfone groups is 1. The van der Waals surface area contributed by atoms with Crippen LogP contribution in [-0.2, 0) is 9.84 Å². The van der Waals surface area contributed by atoms with Crippen molar-refractivity contribution in [1.82, 2.24) is 5.32 Å². The Morgan fingerprint density at radius 2 is 2.19 bits per heavy atom. The molecule has 1 aliphatic heterocycles. The Balaban J connectivity index is 2.25. The number of rotatable bonds is 1. The summed E-state index contributed by atoms with van der Waals surface area (Å²) in [6.45, 7) is 4.09. The summed E-state index contributed by atoms with van der Waals surface area (Å²) >= 11 is 1.68. The lowest BCUT2D eigenvalue weighted by Crippen LogP contribution is -2.30. The molecule has 0 aliphatic carbocycles. The van der Waals surface area contributed by atoms with Gasteiger partial charge in [0.25, 0.3) is 0 Å². The second-order valence-corrected chi connectivity index (χ2v) is 8.02. The summed E-state index contributed by atoms with van der Waals surface area (Å²) in [5, 5.41) is 3.40. The van der Waals surface area contributed by atoms with Crippen LogP contribution in [0.3, 0.4) is 0 Å². The van der Waals surface area contributed by atoms with Crippen LogP contribution in [0.5, 0.6) is 0 Å². The Morgan fingerprint density at radius 1 is 1.44 bits per heavy atom. The van der Waals surface area contributed by atoms with E-state index >= 15 is 0 Å². The van der Waals surface area contributed by atoms with E-state index in [0.29, 0.717) is 12.2 Å². The van der Waals surface area contributed by atoms with E-state index in [1.54, 1.807) is 11.3 Å². The predicted molar refractivity (Wildman–Crippen MR) is 67.7 cm³/mol. The number of thiophene rings is 1. The summed E-state index contributed by atoms with van der Waals surface area (Å²) in [6.07, 6.45) is 0.711. The maximum absolute atomic E-state index is 11.8. The summed E-state index contributed by atoms with van der Waals surface area (Å²) < 4.78 is 23.5. The van der Waals surface area contributed by atoms with Gasteiger partial charge in [-0.2, -0.15) is 0 Å². The molecule has 1 fully saturated rings. The van der Waals surface area contributed by atoms with Gasteiger partial charge in [-0.1, -0.05) is 0 Å². The van der Waals surface area contributed by atoms with Crippen LogP contribution in [0.1, 0.15) is 29.1 Å². The Morgan fingerprint density at radius 3 is 2.81 bits per heavy atom. The molecule has 16 heavy (non-hydrogen) atoms. The standard InChI is InChI=1S/C11H17NO2S2/c1-8-5-6-16(13,14)7-10(12-8)11-4-3-9(2)15-11/h3-4,8,10,12H,5-7H2,1-2H3. The third-order valence-corrected chi connectivity index (χ3v) is 5.69. The molecule has 2 rings (SSSR count). The quantitative estimate of drug-likeness (QED) is 0.838. The lowest BCUT2D eigenvalue weighted by molar-refractivity contribution is 0.489. The Kier molecular flexibility index (Phi) is 3.37. The molecule has 2 heterocycles. The number of aryl methyl sites for hydroxylation is 1. The zero-order valence-electron chi connectivity index (χ0n) is 9.56. The Hall–Kier alpha value is -0.390. The van der Waals surface area contributed by atoms with Crippen molar-refractivity contribution in [2.75, 3.05) is 11.5 Å². The van der Waals surface area contributed by atoms with Gasteiger partial charge in [0, 0.05) is 15.8 Å². The highest BCUT2D eigenvalue weighted by molar-refractivity contribution is 7.91. The number of hydrogen-bond donors (Lipinski definition) is 1. The van der Waals surface area contributed by atoms with E-state index in [4.69, 9.17) is 0 Å². The average molecular weight is 259 g/mol. The molecule has 1 N–H and O–H groups in total. The molecule has 0 aromatic carbocycles. The van der Waals surface area contributed by atoms with Crippen LogP contribution in [0.2, 0.25) is 0 Å². The topological polar surface area (TPSA) is 46.2 Å². The first-order chi connectivity index (χ1) is 7.46. The van der Waals surface area contributed by atoms with Gasteiger partial charge in [0.1, 0.15) is 0 Å². The summed E-state index contributed by atoms with van der Waals surface area (Å²) in [6, 6.07) is 4.32. The van der Waals surface area contributed by atoms with Crippen LogP contribution in [0.25, 0.3) is 0 Å². The van der Waals surface area contributed by atoms with E-state index in [1.165, 1.54) is 4.88 Å². The van der Waals surface area contributed by atoms with Gasteiger partial charge in [-0.05, 0) is 32.4 Å². The smallest absolute Gasteiger partial charge is 0.152 e. The van der Waals surface area contributed by atoms with Gasteiger partial charge < -0.3 is 5.32 Å². The second kappa shape index (κ2) is 4.47. The third kappa shape index (κ3) is 2.84. The van der Waals surface area contributed by atoms with E-state index in [9.17, 15) is 8.42 Å². The molecule has 0 spiro atoms. The molecule has 90 valence electrons. The van der Waals surface area contributed by atoms with Crippen LogP contribution < -0.4 is 5.32 Å². The van der Waals surface area contributed by atoms with Crippen molar-refractivity contribution in [3.8, 4) is 0 Å². The van der Waals surface area contributed by atoms with Gasteiger partial charge in [0.2, 0.25) is 0 Å². The van der Waals surface area contributed by atoms with E-state index in [0.717, 1.165) is 4.88 Å². The Bertz CT molecular complexity index is 464. The molecule has 1 aromatic rings. The highest BCUT2D eigenvalue weighted by atomic mass is 32.2. The van der Waals surface area contributed by atoms with Crippen molar-refractivity contribution in [2.45, 2.75) is 32.4 Å². The fraction of sp³-hybridized carbons (Fsp3) is 0.636. The molecule has 0 amide bonds. The number of hydrogen-bond acceptors (Lipinski definition) is 4. The van der Waals surface area contributed by atoms with Crippen LogP contribution in [0, 0.1) is 6.92 Å². The lowest BCUT2D eigenvalue weighted by atomic mass is 10.2. The third-order valence-electron chi connectivity index (χ3n) is 2.87. The maximum atomic E-state index is 11.8. The molecular weight excluding hydrogens is 242 g/mol. The normalized spacial score (nSPS) is 29.9. The first-order valence-corrected chi connectivity index (χ1v) is 8.13. The van der Waals surface area contributed by atoms with Crippen molar-refractivity contribution in [3.05, 3.63) is 21.9 Å². The first kappa shape index (κ1) is 12.1. The minimum atomic E-state index is -2.90. The zero-order valence-corrected chi connectivity index (χ0v) is 11.2. The maximum Gasteiger partial charge on any atom is 0.152 e. The first-order valence-electron chi connectivity index (χ1n) is 5.49. The average Bonchev–Trinajstić information content (AvgIpc) is 2.55. The molecule has 5 heteroatoms. The monoisotopic (exact) mass is 259 g/mol. The summed E-state index contributed by atoms with van der Waals surface area (Å²) in [5.74, 6) is 0.541. The molecule has 3 nitrogen and oxygen atoms in total. The molecule has 2 atom stereocenters. The van der Waals surface area contributed by atoms with Gasteiger partial charge in [-0.3, -0.25) is 0 Å². The van der Waals surface area contributed by atoms with Gasteiger partial charge in [0.15, 0.2) is 9.84 Å². The Labute approximate surface area is 101 Å². The van der Waals surface area contributed by atoms with E-state index < -0.39 is 9.84 Å². The minimum Gasteiger partial charge on any atom is -0.306 e. The van der Waals surface area contributed by atoms with Gasteiger partial charge in [-0.25, -0.2) is 8.42 Å². The summed E-state index contributed by atoms with van der Waals surface area (Å²) in [4.78, 5) is 2.36. The fourth-order valence-corrected chi connectivity index (χ4v) is 4.68. The van der Waals surface area contributed by atoms with Crippen molar-refractivity contribution in [3.63, 3.8) is 0 Å². The minimum absolute atomic E-state index is 0.0267. The lowest BCUT2D eigenvalue weighted by Gasteiger charge is -2.17. The van der Waals surface area contributed by atoms with Crippen molar-refractivity contribution in [1.29, 1.82) is 0 Å². The SMILES string of the molecule is Cc1ccc(C2CS(=O)(=O)CCC(C)N2)s1. The van der Waals surface area contributed by atoms with Crippen molar-refractivity contribution in [2.24, 2.45) is 0 Å². The highest BCUT2D eigenvalue weighted by Crippen LogP contribution is 2.26. The van der Waals surface area contributed by atoms with E-state index in [2.05, 4.69) is 5.32 Å². The second-order valence-electron chi connectivity index (χ2n) is 4.47.